The SMILES string of the molecule is C[C@@H](Oc1ccccc1)C(=O)N=C1S[C@H]2CS(=O)(=O)C[C@H]2N1c1ccccc1. The normalized spacial score (nSPS) is 25.5. The molecule has 0 radical (unpaired) electrons. The third-order valence-electron chi connectivity index (χ3n) is 4.71. The summed E-state index contributed by atoms with van der Waals surface area (Å²) < 4.78 is 29.9. The van der Waals surface area contributed by atoms with Crippen molar-refractivity contribution in [3.8, 4) is 5.75 Å². The summed E-state index contributed by atoms with van der Waals surface area (Å²) >= 11 is 1.36. The van der Waals surface area contributed by atoms with Crippen molar-refractivity contribution in [2.24, 2.45) is 4.99 Å². The van der Waals surface area contributed by atoms with Crippen LogP contribution in [0, 0.1) is 0 Å². The van der Waals surface area contributed by atoms with E-state index in [1.165, 1.54) is 11.8 Å². The number of carbonyl (C=O) groups is 1. The molecule has 1 amide bonds. The molecule has 6 nitrogen and oxygen atoms in total. The van der Waals surface area contributed by atoms with E-state index >= 15 is 0 Å². The summed E-state index contributed by atoms with van der Waals surface area (Å²) in [4.78, 5) is 18.8. The molecule has 0 unspecified atom stereocenters. The average Bonchev–Trinajstić information content (AvgIpc) is 3.13. The van der Waals surface area contributed by atoms with Crippen LogP contribution in [-0.4, -0.2) is 48.4 Å². The van der Waals surface area contributed by atoms with E-state index in [1.807, 2.05) is 53.4 Å². The molecule has 8 heteroatoms. The van der Waals surface area contributed by atoms with E-state index in [1.54, 1.807) is 19.1 Å². The van der Waals surface area contributed by atoms with E-state index in [0.29, 0.717) is 10.9 Å². The van der Waals surface area contributed by atoms with E-state index < -0.39 is 21.8 Å². The number of thioether (sulfide) groups is 1. The molecule has 0 spiro atoms. The van der Waals surface area contributed by atoms with E-state index in [0.717, 1.165) is 5.69 Å². The Morgan fingerprint density at radius 2 is 1.75 bits per heavy atom. The predicted molar refractivity (Wildman–Crippen MR) is 112 cm³/mol. The van der Waals surface area contributed by atoms with Gasteiger partial charge in [-0.05, 0) is 31.2 Å². The summed E-state index contributed by atoms with van der Waals surface area (Å²) in [5, 5.41) is 0.409. The molecule has 146 valence electrons. The molecule has 0 bridgehead atoms. The molecule has 28 heavy (non-hydrogen) atoms. The van der Waals surface area contributed by atoms with Gasteiger partial charge in [0.1, 0.15) is 5.75 Å². The zero-order chi connectivity index (χ0) is 19.7. The van der Waals surface area contributed by atoms with Gasteiger partial charge in [-0.15, -0.1) is 0 Å². The number of carbonyl (C=O) groups excluding carboxylic acids is 1. The molecule has 2 saturated heterocycles. The summed E-state index contributed by atoms with van der Waals surface area (Å²) in [6, 6.07) is 18.4. The number of hydrogen-bond acceptors (Lipinski definition) is 5. The molecule has 2 heterocycles. The van der Waals surface area contributed by atoms with Gasteiger partial charge in [0.25, 0.3) is 5.91 Å². The molecule has 0 saturated carbocycles. The van der Waals surface area contributed by atoms with E-state index in [-0.39, 0.29) is 22.8 Å². The number of amidine groups is 1. The number of benzene rings is 2. The maximum Gasteiger partial charge on any atom is 0.288 e. The standard InChI is InChI=1S/C20H20N2O4S2/c1-14(26-16-10-6-3-7-11-16)19(23)21-20-22(15-8-4-2-5-9-15)17-12-28(24,25)13-18(17)27-20/h2-11,14,17-18H,12-13H2,1H3/t14-,17-,18+/m1/s1. The van der Waals surface area contributed by atoms with Crippen molar-refractivity contribution >= 4 is 38.4 Å². The van der Waals surface area contributed by atoms with Gasteiger partial charge in [-0.2, -0.15) is 4.99 Å². The highest BCUT2D eigenvalue weighted by atomic mass is 32.2. The maximum atomic E-state index is 12.7. The van der Waals surface area contributed by atoms with Crippen LogP contribution in [0.15, 0.2) is 65.7 Å². The molecule has 2 aliphatic heterocycles. The van der Waals surface area contributed by atoms with Gasteiger partial charge < -0.3 is 9.64 Å². The van der Waals surface area contributed by atoms with Crippen molar-refractivity contribution < 1.29 is 17.9 Å². The molecular weight excluding hydrogens is 396 g/mol. The van der Waals surface area contributed by atoms with Crippen LogP contribution < -0.4 is 9.64 Å². The van der Waals surface area contributed by atoms with Gasteiger partial charge in [-0.25, -0.2) is 8.42 Å². The van der Waals surface area contributed by atoms with Gasteiger partial charge in [-0.1, -0.05) is 48.2 Å². The van der Waals surface area contributed by atoms with Crippen LogP contribution in [0.4, 0.5) is 5.69 Å². The van der Waals surface area contributed by atoms with Crippen LogP contribution in [0.3, 0.4) is 0 Å². The Labute approximate surface area is 168 Å². The minimum Gasteiger partial charge on any atom is -0.481 e. The third-order valence-corrected chi connectivity index (χ3v) is 7.92. The predicted octanol–water partition coefficient (Wildman–Crippen LogP) is 2.76. The molecule has 3 atom stereocenters. The highest BCUT2D eigenvalue weighted by molar-refractivity contribution is 8.16. The molecular formula is C20H20N2O4S2. The Morgan fingerprint density at radius 3 is 2.43 bits per heavy atom. The minimum absolute atomic E-state index is 0.0723. The maximum absolute atomic E-state index is 12.7. The first-order valence-corrected chi connectivity index (χ1v) is 11.7. The average molecular weight is 417 g/mol. The number of fused-ring (bicyclic) bond motifs is 1. The van der Waals surface area contributed by atoms with Crippen molar-refractivity contribution in [1.82, 2.24) is 0 Å². The number of anilines is 1. The second kappa shape index (κ2) is 7.60. The van der Waals surface area contributed by atoms with Crippen LogP contribution in [0.2, 0.25) is 0 Å². The van der Waals surface area contributed by atoms with Crippen molar-refractivity contribution in [3.63, 3.8) is 0 Å². The Bertz CT molecular complexity index is 993. The first-order valence-electron chi connectivity index (χ1n) is 8.98. The summed E-state index contributed by atoms with van der Waals surface area (Å²) in [5.74, 6) is 0.387. The lowest BCUT2D eigenvalue weighted by molar-refractivity contribution is -0.123. The number of amides is 1. The lowest BCUT2D eigenvalue weighted by Gasteiger charge is -2.24. The smallest absolute Gasteiger partial charge is 0.288 e. The minimum atomic E-state index is -3.08. The number of sulfone groups is 1. The molecule has 0 aliphatic carbocycles. The Hall–Kier alpha value is -2.32. The van der Waals surface area contributed by atoms with Gasteiger partial charge in [0, 0.05) is 10.9 Å². The summed E-state index contributed by atoms with van der Waals surface area (Å²) in [6.45, 7) is 1.66. The lowest BCUT2D eigenvalue weighted by atomic mass is 10.2. The van der Waals surface area contributed by atoms with E-state index in [9.17, 15) is 13.2 Å². The number of aliphatic imine (C=N–C) groups is 1. The molecule has 0 N–H and O–H groups in total. The van der Waals surface area contributed by atoms with Crippen molar-refractivity contribution in [2.75, 3.05) is 16.4 Å². The Kier molecular flexibility index (Phi) is 5.16. The second-order valence-electron chi connectivity index (χ2n) is 6.81. The molecule has 2 fully saturated rings. The van der Waals surface area contributed by atoms with Crippen LogP contribution in [0.25, 0.3) is 0 Å². The van der Waals surface area contributed by atoms with E-state index in [4.69, 9.17) is 4.74 Å². The molecule has 2 aromatic rings. The first kappa shape index (κ1) is 19.0. The zero-order valence-corrected chi connectivity index (χ0v) is 16.9. The summed E-state index contributed by atoms with van der Waals surface area (Å²) in [6.07, 6.45) is -0.739. The fraction of sp³-hybridized carbons (Fsp3) is 0.300. The third kappa shape index (κ3) is 3.93. The number of rotatable bonds is 4. The number of nitrogens with zero attached hydrogens (tertiary/aromatic N) is 2. The lowest BCUT2D eigenvalue weighted by Crippen LogP contribution is -2.38. The van der Waals surface area contributed by atoms with Crippen molar-refractivity contribution in [3.05, 3.63) is 60.7 Å². The van der Waals surface area contributed by atoms with Gasteiger partial charge in [0.2, 0.25) is 0 Å². The van der Waals surface area contributed by atoms with Gasteiger partial charge >= 0.3 is 0 Å². The van der Waals surface area contributed by atoms with Gasteiger partial charge in [-0.3, -0.25) is 4.79 Å². The van der Waals surface area contributed by atoms with Crippen LogP contribution in [-0.2, 0) is 14.6 Å². The Balaban J connectivity index is 1.59. The highest BCUT2D eigenvalue weighted by Crippen LogP contribution is 2.40. The van der Waals surface area contributed by atoms with E-state index in [2.05, 4.69) is 4.99 Å². The van der Waals surface area contributed by atoms with Crippen molar-refractivity contribution in [1.29, 1.82) is 0 Å². The molecule has 0 aromatic heterocycles. The topological polar surface area (TPSA) is 76.0 Å². The van der Waals surface area contributed by atoms with Crippen LogP contribution in [0.1, 0.15) is 6.92 Å². The molecule has 2 aromatic carbocycles. The largest absolute Gasteiger partial charge is 0.481 e. The van der Waals surface area contributed by atoms with Crippen LogP contribution in [0.5, 0.6) is 5.75 Å². The quantitative estimate of drug-likeness (QED) is 0.763. The fourth-order valence-electron chi connectivity index (χ4n) is 3.39. The number of hydrogen-bond donors (Lipinski definition) is 0. The molecule has 2 aliphatic rings. The Morgan fingerprint density at radius 1 is 1.11 bits per heavy atom. The number of para-hydroxylation sites is 2. The monoisotopic (exact) mass is 416 g/mol. The van der Waals surface area contributed by atoms with Gasteiger partial charge in [0.05, 0.1) is 17.5 Å². The summed E-state index contributed by atoms with van der Waals surface area (Å²) in [5.41, 5.74) is 0.836. The van der Waals surface area contributed by atoms with Crippen LogP contribution >= 0.6 is 11.8 Å². The molecule has 4 rings (SSSR count). The first-order chi connectivity index (χ1) is 13.4. The highest BCUT2D eigenvalue weighted by Gasteiger charge is 2.49. The zero-order valence-electron chi connectivity index (χ0n) is 15.3. The number of ether oxygens (including phenoxy) is 1. The summed E-state index contributed by atoms with van der Waals surface area (Å²) in [7, 11) is -3.08. The fourth-order valence-corrected chi connectivity index (χ4v) is 7.31. The van der Waals surface area contributed by atoms with Crippen molar-refractivity contribution in [2.45, 2.75) is 24.3 Å². The second-order valence-corrected chi connectivity index (χ2v) is 10.2. The van der Waals surface area contributed by atoms with Gasteiger partial charge in [0.15, 0.2) is 21.1 Å².